The number of alkyl halides is 2. The summed E-state index contributed by atoms with van der Waals surface area (Å²) in [6.07, 6.45) is 0. The molecule has 0 aliphatic heterocycles. The minimum absolute atomic E-state index is 0.0342. The number of rotatable bonds is 8. The van der Waals surface area contributed by atoms with E-state index in [2.05, 4.69) is 4.74 Å². The molecule has 26 heavy (non-hydrogen) atoms. The third kappa shape index (κ3) is 4.49. The summed E-state index contributed by atoms with van der Waals surface area (Å²) in [6.45, 7) is 1.58. The molecule has 0 radical (unpaired) electrons. The van der Waals surface area contributed by atoms with Crippen molar-refractivity contribution in [2.45, 2.75) is 25.5 Å². The van der Waals surface area contributed by atoms with Gasteiger partial charge in [0.1, 0.15) is 12.6 Å². The van der Waals surface area contributed by atoms with Crippen molar-refractivity contribution in [2.75, 3.05) is 13.7 Å². The number of benzene rings is 2. The first kappa shape index (κ1) is 19.7. The maximum absolute atomic E-state index is 14.1. The van der Waals surface area contributed by atoms with Crippen molar-refractivity contribution in [3.8, 4) is 11.5 Å². The van der Waals surface area contributed by atoms with Crippen LogP contribution in [0.15, 0.2) is 48.5 Å². The molecule has 0 amide bonds. The van der Waals surface area contributed by atoms with E-state index in [1.807, 2.05) is 30.3 Å². The van der Waals surface area contributed by atoms with Crippen LogP contribution >= 0.6 is 0 Å². The van der Waals surface area contributed by atoms with Crippen molar-refractivity contribution in [3.63, 3.8) is 0 Å². The molecule has 0 unspecified atom stereocenters. The third-order valence-electron chi connectivity index (χ3n) is 3.72. The fourth-order valence-corrected chi connectivity index (χ4v) is 2.30. The first-order valence-electron chi connectivity index (χ1n) is 8.05. The highest BCUT2D eigenvalue weighted by molar-refractivity contribution is 5.79. The van der Waals surface area contributed by atoms with Crippen LogP contribution in [-0.4, -0.2) is 25.6 Å². The summed E-state index contributed by atoms with van der Waals surface area (Å²) in [5, 5.41) is 0. The smallest absolute Gasteiger partial charge is 0.379 e. The normalized spacial score (nSPS) is 12.3. The van der Waals surface area contributed by atoms with Crippen molar-refractivity contribution in [3.05, 3.63) is 59.7 Å². The van der Waals surface area contributed by atoms with Gasteiger partial charge in [0, 0.05) is 0 Å². The molecule has 2 N–H and O–H groups in total. The van der Waals surface area contributed by atoms with E-state index in [9.17, 15) is 13.6 Å². The second-order valence-corrected chi connectivity index (χ2v) is 5.51. The molecule has 2 aromatic carbocycles. The van der Waals surface area contributed by atoms with Gasteiger partial charge in [-0.1, -0.05) is 36.4 Å². The fraction of sp³-hybridized carbons (Fsp3) is 0.316. The average molecular weight is 365 g/mol. The van der Waals surface area contributed by atoms with Crippen molar-refractivity contribution in [2.24, 2.45) is 5.73 Å². The lowest BCUT2D eigenvalue weighted by atomic mass is 10.0. The number of hydrogen-bond donors (Lipinski definition) is 1. The maximum atomic E-state index is 14.1. The summed E-state index contributed by atoms with van der Waals surface area (Å²) in [7, 11) is 1.39. The molecule has 0 saturated heterocycles. The number of carbonyl (C=O) groups is 1. The number of carbonyl (C=O) groups excluding carboxylic acids is 1. The van der Waals surface area contributed by atoms with Crippen molar-refractivity contribution < 1.29 is 27.8 Å². The van der Waals surface area contributed by atoms with E-state index < -0.39 is 17.9 Å². The molecular formula is C19H21F2NO4. The van der Waals surface area contributed by atoms with Crippen LogP contribution in [0.1, 0.15) is 24.1 Å². The highest BCUT2D eigenvalue weighted by atomic mass is 19.3. The van der Waals surface area contributed by atoms with Gasteiger partial charge in [-0.2, -0.15) is 8.78 Å². The Kier molecular flexibility index (Phi) is 6.52. The van der Waals surface area contributed by atoms with Crippen molar-refractivity contribution in [1.82, 2.24) is 0 Å². The van der Waals surface area contributed by atoms with Crippen LogP contribution in [0.4, 0.5) is 8.78 Å². The zero-order chi connectivity index (χ0) is 19.2. The lowest BCUT2D eigenvalue weighted by Crippen LogP contribution is -2.41. The topological polar surface area (TPSA) is 70.8 Å². The second kappa shape index (κ2) is 8.62. The quantitative estimate of drug-likeness (QED) is 0.726. The van der Waals surface area contributed by atoms with Gasteiger partial charge >= 0.3 is 11.9 Å². The van der Waals surface area contributed by atoms with Gasteiger partial charge < -0.3 is 19.9 Å². The molecule has 2 rings (SSSR count). The van der Waals surface area contributed by atoms with E-state index in [1.165, 1.54) is 32.2 Å². The highest BCUT2D eigenvalue weighted by Gasteiger charge is 2.48. The molecule has 0 heterocycles. The molecule has 5 nitrogen and oxygen atoms in total. The second-order valence-electron chi connectivity index (χ2n) is 5.51. The summed E-state index contributed by atoms with van der Waals surface area (Å²) in [5.74, 6) is -4.89. The van der Waals surface area contributed by atoms with E-state index in [-0.39, 0.29) is 17.9 Å². The lowest BCUT2D eigenvalue weighted by molar-refractivity contribution is -0.174. The SMILES string of the molecule is CCOC(=O)C(F)(F)[C@H](N)c1ccc(OCc2ccccc2)c(OC)c1. The third-order valence-corrected chi connectivity index (χ3v) is 3.72. The van der Waals surface area contributed by atoms with Crippen LogP contribution in [0, 0.1) is 0 Å². The first-order chi connectivity index (χ1) is 12.4. The van der Waals surface area contributed by atoms with Crippen LogP contribution < -0.4 is 15.2 Å². The zero-order valence-corrected chi connectivity index (χ0v) is 14.6. The highest BCUT2D eigenvalue weighted by Crippen LogP contribution is 2.36. The Morgan fingerprint density at radius 1 is 1.15 bits per heavy atom. The predicted molar refractivity (Wildman–Crippen MR) is 92.3 cm³/mol. The monoisotopic (exact) mass is 365 g/mol. The van der Waals surface area contributed by atoms with Gasteiger partial charge in [0.2, 0.25) is 0 Å². The molecule has 0 spiro atoms. The van der Waals surface area contributed by atoms with Crippen LogP contribution in [-0.2, 0) is 16.1 Å². The molecule has 0 aliphatic rings. The number of hydrogen-bond acceptors (Lipinski definition) is 5. The first-order valence-corrected chi connectivity index (χ1v) is 8.05. The number of ether oxygens (including phenoxy) is 3. The number of methoxy groups -OCH3 is 1. The van der Waals surface area contributed by atoms with Gasteiger partial charge in [0.25, 0.3) is 0 Å². The minimum atomic E-state index is -3.85. The summed E-state index contributed by atoms with van der Waals surface area (Å²) >= 11 is 0. The molecule has 0 bridgehead atoms. The Balaban J connectivity index is 2.18. The van der Waals surface area contributed by atoms with E-state index in [0.717, 1.165) is 5.56 Å². The minimum Gasteiger partial charge on any atom is -0.493 e. The Bertz CT molecular complexity index is 738. The average Bonchev–Trinajstić information content (AvgIpc) is 2.66. The van der Waals surface area contributed by atoms with Crippen LogP contribution in [0.3, 0.4) is 0 Å². The van der Waals surface area contributed by atoms with E-state index in [0.29, 0.717) is 12.4 Å². The van der Waals surface area contributed by atoms with Crippen LogP contribution in [0.25, 0.3) is 0 Å². The summed E-state index contributed by atoms with van der Waals surface area (Å²) in [6, 6.07) is 11.8. The van der Waals surface area contributed by atoms with Gasteiger partial charge in [-0.05, 0) is 30.2 Å². The molecule has 1 atom stereocenters. The molecule has 0 aliphatic carbocycles. The molecule has 140 valence electrons. The Morgan fingerprint density at radius 3 is 2.46 bits per heavy atom. The largest absolute Gasteiger partial charge is 0.493 e. The summed E-state index contributed by atoms with van der Waals surface area (Å²) < 4.78 is 43.5. The van der Waals surface area contributed by atoms with Crippen molar-refractivity contribution in [1.29, 1.82) is 0 Å². The summed E-state index contributed by atoms with van der Waals surface area (Å²) in [4.78, 5) is 11.5. The molecular weight excluding hydrogens is 344 g/mol. The van der Waals surface area contributed by atoms with Crippen LogP contribution in [0.5, 0.6) is 11.5 Å². The molecule has 0 saturated carbocycles. The van der Waals surface area contributed by atoms with Crippen LogP contribution in [0.2, 0.25) is 0 Å². The van der Waals surface area contributed by atoms with Gasteiger partial charge in [-0.25, -0.2) is 4.79 Å². The number of esters is 1. The molecule has 0 aromatic heterocycles. The maximum Gasteiger partial charge on any atom is 0.379 e. The standard InChI is InChI=1S/C19H21F2NO4/c1-3-25-18(23)19(20,21)17(22)14-9-10-15(16(11-14)24-2)26-12-13-7-5-4-6-8-13/h4-11,17H,3,12,22H2,1-2H3/t17-/m1/s1. The Hall–Kier alpha value is -2.67. The molecule has 2 aromatic rings. The molecule has 0 fully saturated rings. The van der Waals surface area contributed by atoms with Gasteiger partial charge in [0.05, 0.1) is 13.7 Å². The Morgan fingerprint density at radius 2 is 1.85 bits per heavy atom. The van der Waals surface area contributed by atoms with E-state index >= 15 is 0 Å². The van der Waals surface area contributed by atoms with Gasteiger partial charge in [-0.15, -0.1) is 0 Å². The fourth-order valence-electron chi connectivity index (χ4n) is 2.30. The summed E-state index contributed by atoms with van der Waals surface area (Å²) in [5.41, 5.74) is 6.58. The predicted octanol–water partition coefficient (Wildman–Crippen LogP) is 3.47. The Labute approximate surface area is 150 Å². The number of nitrogens with two attached hydrogens (primary N) is 1. The van der Waals surface area contributed by atoms with Gasteiger partial charge in [-0.3, -0.25) is 0 Å². The molecule has 7 heteroatoms. The van der Waals surface area contributed by atoms with E-state index in [4.69, 9.17) is 15.2 Å². The number of halogens is 2. The van der Waals surface area contributed by atoms with Gasteiger partial charge in [0.15, 0.2) is 11.5 Å². The lowest BCUT2D eigenvalue weighted by Gasteiger charge is -2.22. The zero-order valence-electron chi connectivity index (χ0n) is 14.6. The van der Waals surface area contributed by atoms with Crippen molar-refractivity contribution >= 4 is 5.97 Å². The van der Waals surface area contributed by atoms with E-state index in [1.54, 1.807) is 0 Å².